The summed E-state index contributed by atoms with van der Waals surface area (Å²) in [5, 5.41) is 10.6. The Bertz CT molecular complexity index is 711. The first-order valence-electron chi connectivity index (χ1n) is 13.9. The molecule has 0 aromatic rings. The molecule has 2 aliphatic rings. The second-order valence-electron chi connectivity index (χ2n) is 14.9. The van der Waals surface area contributed by atoms with Crippen LogP contribution in [0.1, 0.15) is 82.6 Å². The first kappa shape index (κ1) is 31.5. The molecule has 0 aromatic heterocycles. The van der Waals surface area contributed by atoms with Crippen LogP contribution < -0.4 is 0 Å². The standard InChI is InChI=1S/C28H58O5Si2/c1-18(2)24-19(3)22(32-34(12,13)26(6,7)8)16-28(31-24)21(5)25(20(4)23(17-29)30-28)33-35(14,15)27(9,10)11/h18-25,29H,16-17H2,1-15H3/t19-,20+,21-,22-,23+,24-,25+,28-/m1/s1. The zero-order chi connectivity index (χ0) is 27.4. The van der Waals surface area contributed by atoms with Crippen LogP contribution in [0.25, 0.3) is 0 Å². The number of rotatable bonds is 6. The lowest BCUT2D eigenvalue weighted by Gasteiger charge is -2.59. The minimum absolute atomic E-state index is 0.0160. The quantitative estimate of drug-likeness (QED) is 0.368. The first-order chi connectivity index (χ1) is 15.6. The Balaban J connectivity index is 2.52. The Morgan fingerprint density at radius 2 is 1.34 bits per heavy atom. The van der Waals surface area contributed by atoms with Gasteiger partial charge in [0.25, 0.3) is 0 Å². The molecule has 0 aliphatic carbocycles. The van der Waals surface area contributed by atoms with E-state index in [4.69, 9.17) is 18.3 Å². The second-order valence-corrected chi connectivity index (χ2v) is 24.5. The zero-order valence-corrected chi connectivity index (χ0v) is 27.6. The average molecular weight is 531 g/mol. The molecule has 0 aromatic carbocycles. The predicted octanol–water partition coefficient (Wildman–Crippen LogP) is 7.21. The molecular weight excluding hydrogens is 472 g/mol. The van der Waals surface area contributed by atoms with E-state index < -0.39 is 22.4 Å². The van der Waals surface area contributed by atoms with Crippen LogP contribution in [0.4, 0.5) is 0 Å². The van der Waals surface area contributed by atoms with Gasteiger partial charge in [-0.1, -0.05) is 76.2 Å². The molecule has 2 aliphatic heterocycles. The molecule has 0 bridgehead atoms. The highest BCUT2D eigenvalue weighted by molar-refractivity contribution is 6.74. The van der Waals surface area contributed by atoms with Crippen LogP contribution in [-0.2, 0) is 18.3 Å². The fourth-order valence-electron chi connectivity index (χ4n) is 5.20. The molecule has 7 heteroatoms. The van der Waals surface area contributed by atoms with Crippen LogP contribution in [0.2, 0.25) is 36.3 Å². The van der Waals surface area contributed by atoms with Crippen molar-refractivity contribution in [1.82, 2.24) is 0 Å². The molecule has 208 valence electrons. The van der Waals surface area contributed by atoms with Gasteiger partial charge in [-0.3, -0.25) is 0 Å². The third-order valence-corrected chi connectivity index (χ3v) is 18.9. The third-order valence-electron chi connectivity index (χ3n) is 9.89. The molecule has 2 fully saturated rings. The van der Waals surface area contributed by atoms with Gasteiger partial charge in [0.05, 0.1) is 31.0 Å². The lowest BCUT2D eigenvalue weighted by Crippen LogP contribution is -2.67. The maximum atomic E-state index is 10.4. The minimum Gasteiger partial charge on any atom is -0.413 e. The molecule has 1 spiro atoms. The van der Waals surface area contributed by atoms with Gasteiger partial charge in [-0.2, -0.15) is 0 Å². The van der Waals surface area contributed by atoms with Crippen LogP contribution in [0.5, 0.6) is 0 Å². The first-order valence-corrected chi connectivity index (χ1v) is 19.7. The van der Waals surface area contributed by atoms with E-state index in [2.05, 4.69) is 102 Å². The van der Waals surface area contributed by atoms with Crippen molar-refractivity contribution in [2.75, 3.05) is 6.61 Å². The van der Waals surface area contributed by atoms with Gasteiger partial charge in [0.1, 0.15) is 0 Å². The van der Waals surface area contributed by atoms with Crippen LogP contribution in [0.15, 0.2) is 0 Å². The molecule has 2 saturated heterocycles. The summed E-state index contributed by atoms with van der Waals surface area (Å²) in [6.45, 7) is 34.1. The maximum absolute atomic E-state index is 10.4. The van der Waals surface area contributed by atoms with E-state index in [1.807, 2.05) is 0 Å². The summed E-state index contributed by atoms with van der Waals surface area (Å²) in [5.41, 5.74) is 0. The van der Waals surface area contributed by atoms with E-state index in [1.54, 1.807) is 0 Å². The highest BCUT2D eigenvalue weighted by atomic mass is 28.4. The molecule has 0 radical (unpaired) electrons. The molecule has 0 unspecified atom stereocenters. The third kappa shape index (κ3) is 6.28. The van der Waals surface area contributed by atoms with Gasteiger partial charge in [0.2, 0.25) is 0 Å². The summed E-state index contributed by atoms with van der Waals surface area (Å²) < 4.78 is 27.9. The second kappa shape index (κ2) is 10.4. The number of ether oxygens (including phenoxy) is 2. The van der Waals surface area contributed by atoms with E-state index in [1.165, 1.54) is 0 Å². The number of aliphatic hydroxyl groups excluding tert-OH is 1. The van der Waals surface area contributed by atoms with Gasteiger partial charge >= 0.3 is 0 Å². The van der Waals surface area contributed by atoms with Crippen LogP contribution >= 0.6 is 0 Å². The van der Waals surface area contributed by atoms with Crippen LogP contribution in [0.3, 0.4) is 0 Å². The molecule has 2 rings (SSSR count). The lowest BCUT2D eigenvalue weighted by atomic mass is 9.74. The Hall–Kier alpha value is 0.234. The predicted molar refractivity (Wildman–Crippen MR) is 151 cm³/mol. The molecule has 1 N–H and O–H groups in total. The highest BCUT2D eigenvalue weighted by Gasteiger charge is 2.60. The van der Waals surface area contributed by atoms with Crippen LogP contribution in [0, 0.1) is 23.7 Å². The summed E-state index contributed by atoms with van der Waals surface area (Å²) in [7, 11) is -4.05. The highest BCUT2D eigenvalue weighted by Crippen LogP contribution is 2.52. The van der Waals surface area contributed by atoms with Gasteiger partial charge in [-0.15, -0.1) is 0 Å². The van der Waals surface area contributed by atoms with E-state index in [0.29, 0.717) is 12.3 Å². The van der Waals surface area contributed by atoms with Crippen molar-refractivity contribution in [2.45, 2.75) is 149 Å². The summed E-state index contributed by atoms with van der Waals surface area (Å²) in [6, 6.07) is 0. The number of hydrogen-bond donors (Lipinski definition) is 1. The average Bonchev–Trinajstić information content (AvgIpc) is 2.68. The Labute approximate surface area is 219 Å². The molecule has 2 heterocycles. The fourth-order valence-corrected chi connectivity index (χ4v) is 8.06. The maximum Gasteiger partial charge on any atom is 0.192 e. The fraction of sp³-hybridized carbons (Fsp3) is 1.00. The van der Waals surface area contributed by atoms with Crippen molar-refractivity contribution in [1.29, 1.82) is 0 Å². The number of aliphatic hydroxyl groups is 1. The smallest absolute Gasteiger partial charge is 0.192 e. The van der Waals surface area contributed by atoms with Crippen molar-refractivity contribution in [3.63, 3.8) is 0 Å². The van der Waals surface area contributed by atoms with E-state index in [9.17, 15) is 5.11 Å². The van der Waals surface area contributed by atoms with Crippen molar-refractivity contribution in [3.05, 3.63) is 0 Å². The summed E-state index contributed by atoms with van der Waals surface area (Å²) in [4.78, 5) is 0. The van der Waals surface area contributed by atoms with E-state index >= 15 is 0 Å². The Morgan fingerprint density at radius 3 is 1.77 bits per heavy atom. The molecule has 35 heavy (non-hydrogen) atoms. The summed E-state index contributed by atoms with van der Waals surface area (Å²) >= 11 is 0. The number of hydrogen-bond acceptors (Lipinski definition) is 5. The topological polar surface area (TPSA) is 57.2 Å². The Kier molecular flexibility index (Phi) is 9.36. The Morgan fingerprint density at radius 1 is 0.857 bits per heavy atom. The van der Waals surface area contributed by atoms with Gasteiger partial charge in [0.15, 0.2) is 22.4 Å². The normalized spacial score (nSPS) is 37.8. The molecule has 8 atom stereocenters. The lowest BCUT2D eigenvalue weighted by molar-refractivity contribution is -0.384. The SMILES string of the molecule is CC(C)[C@H]1O[C@@]2(C[C@@H](O[Si](C)(C)C(C)(C)C)[C@H]1C)O[C@@H](CO)[C@H](C)[C@H](O[Si](C)(C)C(C)(C)C)[C@H]2C. The van der Waals surface area contributed by atoms with Crippen molar-refractivity contribution in [2.24, 2.45) is 23.7 Å². The summed E-state index contributed by atoms with van der Waals surface area (Å²) in [5.74, 6) is -0.141. The molecule has 0 amide bonds. The molecular formula is C28H58O5Si2. The van der Waals surface area contributed by atoms with E-state index in [0.717, 1.165) is 0 Å². The summed E-state index contributed by atoms with van der Waals surface area (Å²) in [6.07, 6.45) is 0.362. The molecule has 0 saturated carbocycles. The van der Waals surface area contributed by atoms with Gasteiger partial charge in [0, 0.05) is 24.2 Å². The van der Waals surface area contributed by atoms with Crippen LogP contribution in [-0.4, -0.2) is 58.6 Å². The van der Waals surface area contributed by atoms with Crippen molar-refractivity contribution in [3.8, 4) is 0 Å². The van der Waals surface area contributed by atoms with Gasteiger partial charge in [-0.05, 0) is 42.2 Å². The van der Waals surface area contributed by atoms with Gasteiger partial charge < -0.3 is 23.4 Å². The van der Waals surface area contributed by atoms with E-state index in [-0.39, 0.29) is 58.9 Å². The van der Waals surface area contributed by atoms with Gasteiger partial charge in [-0.25, -0.2) is 0 Å². The monoisotopic (exact) mass is 530 g/mol. The minimum atomic E-state index is -2.05. The zero-order valence-electron chi connectivity index (χ0n) is 25.6. The van der Waals surface area contributed by atoms with Crippen molar-refractivity contribution >= 4 is 16.6 Å². The van der Waals surface area contributed by atoms with Crippen molar-refractivity contribution < 1.29 is 23.4 Å². The molecule has 5 nitrogen and oxygen atoms in total. The largest absolute Gasteiger partial charge is 0.413 e.